The lowest BCUT2D eigenvalue weighted by molar-refractivity contribution is 0.130. The molecule has 1 N–H and O–H groups in total. The van der Waals surface area contributed by atoms with Crippen molar-refractivity contribution in [2.24, 2.45) is 0 Å². The van der Waals surface area contributed by atoms with Crippen molar-refractivity contribution in [1.82, 2.24) is 10.2 Å². The predicted molar refractivity (Wildman–Crippen MR) is 87.4 cm³/mol. The van der Waals surface area contributed by atoms with E-state index in [1.807, 2.05) is 38.1 Å². The van der Waals surface area contributed by atoms with E-state index < -0.39 is 0 Å². The summed E-state index contributed by atoms with van der Waals surface area (Å²) in [5, 5.41) is 20.4. The van der Waals surface area contributed by atoms with E-state index >= 15 is 0 Å². The van der Waals surface area contributed by atoms with Gasteiger partial charge < -0.3 is 14.8 Å². The summed E-state index contributed by atoms with van der Waals surface area (Å²) < 4.78 is 10.7. The number of nitrogens with zero attached hydrogens (tertiary/aromatic N) is 3. The van der Waals surface area contributed by atoms with Crippen LogP contribution >= 0.6 is 0 Å². The van der Waals surface area contributed by atoms with Crippen molar-refractivity contribution in [3.8, 4) is 11.8 Å². The number of ether oxygens (including phenoxy) is 2. The Balaban J connectivity index is 1.79. The molecule has 0 fully saturated rings. The molecule has 0 saturated heterocycles. The third-order valence-corrected chi connectivity index (χ3v) is 3.53. The number of aromatic nitrogens is 2. The molecule has 6 heteroatoms. The average molecular weight is 312 g/mol. The molecule has 0 saturated carbocycles. The fourth-order valence-electron chi connectivity index (χ4n) is 2.02. The van der Waals surface area contributed by atoms with E-state index in [4.69, 9.17) is 9.47 Å². The molecule has 0 bridgehead atoms. The summed E-state index contributed by atoms with van der Waals surface area (Å²) in [6, 6.07) is 9.91. The fraction of sp³-hybridized carbons (Fsp3) is 0.353. The molecule has 1 aromatic heterocycles. The third kappa shape index (κ3) is 4.41. The van der Waals surface area contributed by atoms with Crippen molar-refractivity contribution in [2.75, 3.05) is 25.6 Å². The van der Waals surface area contributed by atoms with Gasteiger partial charge in [-0.3, -0.25) is 0 Å². The molecule has 0 spiro atoms. The van der Waals surface area contributed by atoms with Gasteiger partial charge in [-0.1, -0.05) is 12.1 Å². The van der Waals surface area contributed by atoms with Gasteiger partial charge in [0.15, 0.2) is 5.82 Å². The van der Waals surface area contributed by atoms with Crippen molar-refractivity contribution in [3.05, 3.63) is 46.6 Å². The van der Waals surface area contributed by atoms with Crippen LogP contribution in [0, 0.1) is 25.2 Å². The summed E-state index contributed by atoms with van der Waals surface area (Å²) in [7, 11) is 1.64. The van der Waals surface area contributed by atoms with Gasteiger partial charge in [-0.2, -0.15) is 10.4 Å². The van der Waals surface area contributed by atoms with Gasteiger partial charge in [-0.05, 0) is 37.1 Å². The highest BCUT2D eigenvalue weighted by atomic mass is 16.5. The second-order valence-corrected chi connectivity index (χ2v) is 5.07. The molecule has 2 aromatic rings. The van der Waals surface area contributed by atoms with E-state index in [1.165, 1.54) is 0 Å². The normalized spacial score (nSPS) is 10.2. The van der Waals surface area contributed by atoms with Gasteiger partial charge in [-0.25, -0.2) is 0 Å². The van der Waals surface area contributed by atoms with Crippen LogP contribution in [0.1, 0.15) is 22.4 Å². The Morgan fingerprint density at radius 1 is 1.17 bits per heavy atom. The average Bonchev–Trinajstić information content (AvgIpc) is 2.58. The molecule has 2 rings (SSSR count). The van der Waals surface area contributed by atoms with E-state index in [0.717, 1.165) is 22.6 Å². The zero-order valence-electron chi connectivity index (χ0n) is 13.6. The van der Waals surface area contributed by atoms with Crippen LogP contribution in [-0.4, -0.2) is 30.5 Å². The van der Waals surface area contributed by atoms with Crippen LogP contribution < -0.4 is 10.1 Å². The van der Waals surface area contributed by atoms with Gasteiger partial charge in [0.2, 0.25) is 0 Å². The first-order valence-corrected chi connectivity index (χ1v) is 7.34. The zero-order valence-corrected chi connectivity index (χ0v) is 13.6. The predicted octanol–water partition coefficient (Wildman–Crippen LogP) is 2.60. The topological polar surface area (TPSA) is 80.1 Å². The van der Waals surface area contributed by atoms with Crippen LogP contribution in [0.25, 0.3) is 0 Å². The molecule has 1 heterocycles. The summed E-state index contributed by atoms with van der Waals surface area (Å²) >= 11 is 0. The maximum Gasteiger partial charge on any atom is 0.167 e. The molecule has 0 amide bonds. The highest BCUT2D eigenvalue weighted by molar-refractivity contribution is 5.55. The lowest BCUT2D eigenvalue weighted by Crippen LogP contribution is -2.13. The second-order valence-electron chi connectivity index (χ2n) is 5.07. The molecule has 0 aliphatic carbocycles. The second kappa shape index (κ2) is 8.11. The van der Waals surface area contributed by atoms with Crippen molar-refractivity contribution < 1.29 is 9.47 Å². The molecule has 0 aliphatic rings. The Labute approximate surface area is 136 Å². The van der Waals surface area contributed by atoms with Crippen LogP contribution in [-0.2, 0) is 11.3 Å². The largest absolute Gasteiger partial charge is 0.497 e. The Morgan fingerprint density at radius 2 is 1.91 bits per heavy atom. The monoisotopic (exact) mass is 312 g/mol. The first-order chi connectivity index (χ1) is 11.2. The number of benzene rings is 1. The van der Waals surface area contributed by atoms with Crippen molar-refractivity contribution in [3.63, 3.8) is 0 Å². The number of anilines is 1. The summed E-state index contributed by atoms with van der Waals surface area (Å²) in [6.45, 7) is 5.29. The fourth-order valence-corrected chi connectivity index (χ4v) is 2.02. The van der Waals surface area contributed by atoms with Crippen molar-refractivity contribution >= 4 is 5.82 Å². The molecule has 0 radical (unpaired) electrons. The molecular formula is C17H20N4O2. The first kappa shape index (κ1) is 16.7. The van der Waals surface area contributed by atoms with E-state index in [1.54, 1.807) is 7.11 Å². The number of hydrogen-bond donors (Lipinski definition) is 1. The standard InChI is InChI=1S/C17H20N4O2/c1-12-13(2)20-21-17(16(12)10-18)19-8-9-23-11-14-4-6-15(22-3)7-5-14/h4-7H,8-9,11H2,1-3H3,(H,19,21). The summed E-state index contributed by atoms with van der Waals surface area (Å²) in [4.78, 5) is 0. The Hall–Kier alpha value is -2.65. The van der Waals surface area contributed by atoms with Crippen LogP contribution in [0.2, 0.25) is 0 Å². The molecule has 6 nitrogen and oxygen atoms in total. The summed E-state index contributed by atoms with van der Waals surface area (Å²) in [5.41, 5.74) is 3.23. The van der Waals surface area contributed by atoms with Crippen LogP contribution in [0.15, 0.2) is 24.3 Å². The van der Waals surface area contributed by atoms with Gasteiger partial charge in [-0.15, -0.1) is 5.10 Å². The summed E-state index contributed by atoms with van der Waals surface area (Å²) in [6.07, 6.45) is 0. The van der Waals surface area contributed by atoms with Gasteiger partial charge in [0, 0.05) is 6.54 Å². The maximum absolute atomic E-state index is 9.22. The minimum Gasteiger partial charge on any atom is -0.497 e. The highest BCUT2D eigenvalue weighted by Crippen LogP contribution is 2.16. The summed E-state index contributed by atoms with van der Waals surface area (Å²) in [5.74, 6) is 1.33. The Bertz CT molecular complexity index is 693. The smallest absolute Gasteiger partial charge is 0.167 e. The van der Waals surface area contributed by atoms with Crippen LogP contribution in [0.3, 0.4) is 0 Å². The van der Waals surface area contributed by atoms with Gasteiger partial charge in [0.05, 0.1) is 26.0 Å². The molecule has 1 aromatic carbocycles. The maximum atomic E-state index is 9.22. The van der Waals surface area contributed by atoms with Gasteiger partial charge in [0.25, 0.3) is 0 Å². The van der Waals surface area contributed by atoms with Crippen molar-refractivity contribution in [1.29, 1.82) is 5.26 Å². The molecule has 120 valence electrons. The lowest BCUT2D eigenvalue weighted by atomic mass is 10.1. The lowest BCUT2D eigenvalue weighted by Gasteiger charge is -2.10. The van der Waals surface area contributed by atoms with E-state index in [0.29, 0.717) is 31.1 Å². The highest BCUT2D eigenvalue weighted by Gasteiger charge is 2.09. The van der Waals surface area contributed by atoms with Gasteiger partial charge in [0.1, 0.15) is 17.4 Å². The number of nitriles is 1. The SMILES string of the molecule is COc1ccc(COCCNc2nnc(C)c(C)c2C#N)cc1. The first-order valence-electron chi connectivity index (χ1n) is 7.34. The molecule has 23 heavy (non-hydrogen) atoms. The number of rotatable bonds is 7. The van der Waals surface area contributed by atoms with E-state index in [9.17, 15) is 5.26 Å². The number of hydrogen-bond acceptors (Lipinski definition) is 6. The van der Waals surface area contributed by atoms with E-state index in [-0.39, 0.29) is 0 Å². The van der Waals surface area contributed by atoms with E-state index in [2.05, 4.69) is 21.6 Å². The number of nitrogens with one attached hydrogen (secondary N) is 1. The Kier molecular flexibility index (Phi) is 5.89. The zero-order chi connectivity index (χ0) is 16.7. The molecular weight excluding hydrogens is 292 g/mol. The third-order valence-electron chi connectivity index (χ3n) is 3.53. The quantitative estimate of drug-likeness (QED) is 0.792. The van der Waals surface area contributed by atoms with Crippen LogP contribution in [0.4, 0.5) is 5.82 Å². The van der Waals surface area contributed by atoms with Crippen molar-refractivity contribution in [2.45, 2.75) is 20.5 Å². The molecule has 0 unspecified atom stereocenters. The molecule has 0 aliphatic heterocycles. The number of aryl methyl sites for hydroxylation is 1. The molecule has 0 atom stereocenters. The minimum atomic E-state index is 0.503. The number of methoxy groups -OCH3 is 1. The van der Waals surface area contributed by atoms with Gasteiger partial charge >= 0.3 is 0 Å². The van der Waals surface area contributed by atoms with Crippen LogP contribution in [0.5, 0.6) is 5.75 Å². The Morgan fingerprint density at radius 3 is 2.57 bits per heavy atom. The minimum absolute atomic E-state index is 0.503.